The Morgan fingerprint density at radius 3 is 2.63 bits per heavy atom. The fraction of sp³-hybridized carbons (Fsp3) is 0.409. The van der Waals surface area contributed by atoms with Gasteiger partial charge in [0.25, 0.3) is 0 Å². The third-order valence-electron chi connectivity index (χ3n) is 5.37. The molecule has 1 heterocycles. The Kier molecular flexibility index (Phi) is 6.01. The molecule has 1 aliphatic rings. The molecule has 0 spiro atoms. The number of anilines is 1. The van der Waals surface area contributed by atoms with Crippen LogP contribution in [0.3, 0.4) is 0 Å². The van der Waals surface area contributed by atoms with Crippen molar-refractivity contribution in [2.24, 2.45) is 0 Å². The number of benzene rings is 2. The first-order chi connectivity index (χ1) is 13.0. The van der Waals surface area contributed by atoms with E-state index in [1.165, 1.54) is 5.56 Å². The zero-order valence-corrected chi connectivity index (χ0v) is 16.6. The first-order valence-corrected chi connectivity index (χ1v) is 9.35. The van der Waals surface area contributed by atoms with Crippen LogP contribution in [0.2, 0.25) is 0 Å². The van der Waals surface area contributed by atoms with E-state index in [0.29, 0.717) is 0 Å². The number of fused-ring (bicyclic) bond motifs is 1. The normalized spacial score (nSPS) is 14.2. The maximum atomic E-state index is 13.0. The van der Waals surface area contributed by atoms with Gasteiger partial charge in [-0.05, 0) is 56.1 Å². The van der Waals surface area contributed by atoms with Crippen LogP contribution in [0, 0.1) is 0 Å². The highest BCUT2D eigenvalue weighted by Crippen LogP contribution is 2.29. The Bertz CT molecular complexity index is 806. The van der Waals surface area contributed by atoms with Gasteiger partial charge in [-0.25, -0.2) is 0 Å². The van der Waals surface area contributed by atoms with Crippen LogP contribution in [-0.4, -0.2) is 51.2 Å². The third kappa shape index (κ3) is 4.08. The van der Waals surface area contributed by atoms with Gasteiger partial charge >= 0.3 is 0 Å². The maximum Gasteiger partial charge on any atom is 0.244 e. The van der Waals surface area contributed by atoms with E-state index in [2.05, 4.69) is 11.0 Å². The van der Waals surface area contributed by atoms with E-state index in [4.69, 9.17) is 9.47 Å². The van der Waals surface area contributed by atoms with Gasteiger partial charge in [0.15, 0.2) is 11.5 Å². The van der Waals surface area contributed by atoms with E-state index in [1.54, 1.807) is 14.2 Å². The summed E-state index contributed by atoms with van der Waals surface area (Å²) in [5, 5.41) is 0. The molecule has 1 aliphatic heterocycles. The van der Waals surface area contributed by atoms with E-state index in [-0.39, 0.29) is 11.9 Å². The Morgan fingerprint density at radius 1 is 1.15 bits per heavy atom. The zero-order valence-electron chi connectivity index (χ0n) is 16.6. The highest BCUT2D eigenvalue weighted by Gasteiger charge is 2.29. The van der Waals surface area contributed by atoms with Gasteiger partial charge in [0.2, 0.25) is 5.91 Å². The van der Waals surface area contributed by atoms with E-state index >= 15 is 0 Å². The van der Waals surface area contributed by atoms with Crippen molar-refractivity contribution >= 4 is 11.6 Å². The van der Waals surface area contributed by atoms with E-state index in [1.807, 2.05) is 55.3 Å². The molecule has 2 aromatic carbocycles. The van der Waals surface area contributed by atoms with Crippen LogP contribution in [0.1, 0.15) is 18.1 Å². The first-order valence-electron chi connectivity index (χ1n) is 9.35. The molecule has 0 fully saturated rings. The summed E-state index contributed by atoms with van der Waals surface area (Å²) in [6.45, 7) is 3.54. The standard InChI is InChI=1S/C22H28N2O3/c1-16(22(25)24-14-12-18-7-5-6-8-19(18)24)23(2)13-11-17-9-10-20(26-3)21(15-17)27-4/h5-10,15-16H,11-14H2,1-4H3/t16-/m0/s1. The van der Waals surface area contributed by atoms with Crippen LogP contribution in [0.25, 0.3) is 0 Å². The zero-order chi connectivity index (χ0) is 19.4. The molecule has 2 aromatic rings. The number of rotatable bonds is 7. The topological polar surface area (TPSA) is 42.0 Å². The monoisotopic (exact) mass is 368 g/mol. The van der Waals surface area contributed by atoms with Crippen LogP contribution in [0.5, 0.6) is 11.5 Å². The summed E-state index contributed by atoms with van der Waals surface area (Å²) in [5.41, 5.74) is 3.47. The van der Waals surface area contributed by atoms with Crippen molar-refractivity contribution in [2.45, 2.75) is 25.8 Å². The minimum absolute atomic E-state index is 0.162. The van der Waals surface area contributed by atoms with E-state index < -0.39 is 0 Å². The number of ether oxygens (including phenoxy) is 2. The molecule has 0 bridgehead atoms. The van der Waals surface area contributed by atoms with Crippen molar-refractivity contribution in [1.82, 2.24) is 4.90 Å². The van der Waals surface area contributed by atoms with Crippen LogP contribution < -0.4 is 14.4 Å². The van der Waals surface area contributed by atoms with Crippen molar-refractivity contribution in [3.8, 4) is 11.5 Å². The van der Waals surface area contributed by atoms with Gasteiger partial charge in [-0.3, -0.25) is 9.69 Å². The lowest BCUT2D eigenvalue weighted by Gasteiger charge is -2.28. The lowest BCUT2D eigenvalue weighted by molar-refractivity contribution is -0.122. The number of hydrogen-bond acceptors (Lipinski definition) is 4. The number of nitrogens with zero attached hydrogens (tertiary/aromatic N) is 2. The fourth-order valence-electron chi connectivity index (χ4n) is 3.52. The van der Waals surface area contributed by atoms with Crippen molar-refractivity contribution in [1.29, 1.82) is 0 Å². The molecule has 5 nitrogen and oxygen atoms in total. The lowest BCUT2D eigenvalue weighted by Crippen LogP contribution is -2.45. The molecule has 0 aromatic heterocycles. The van der Waals surface area contributed by atoms with Gasteiger partial charge in [0.05, 0.1) is 20.3 Å². The molecule has 27 heavy (non-hydrogen) atoms. The molecule has 144 valence electrons. The summed E-state index contributed by atoms with van der Waals surface area (Å²) in [5.74, 6) is 1.62. The predicted octanol–water partition coefficient (Wildman–Crippen LogP) is 3.16. The number of likely N-dealkylation sites (N-methyl/N-ethyl adjacent to an activating group) is 1. The molecular weight excluding hydrogens is 340 g/mol. The molecule has 0 saturated carbocycles. The smallest absolute Gasteiger partial charge is 0.244 e. The lowest BCUT2D eigenvalue weighted by atomic mass is 10.1. The SMILES string of the molecule is COc1ccc(CCN(C)[C@@H](C)C(=O)N2CCc3ccccc32)cc1OC. The summed E-state index contributed by atoms with van der Waals surface area (Å²) in [4.78, 5) is 17.0. The molecule has 0 radical (unpaired) electrons. The fourth-order valence-corrected chi connectivity index (χ4v) is 3.52. The van der Waals surface area contributed by atoms with Gasteiger partial charge < -0.3 is 14.4 Å². The summed E-state index contributed by atoms with van der Waals surface area (Å²) in [6, 6.07) is 14.0. The minimum atomic E-state index is -0.170. The van der Waals surface area contributed by atoms with Crippen molar-refractivity contribution in [3.05, 3.63) is 53.6 Å². The number of methoxy groups -OCH3 is 2. The summed E-state index contributed by atoms with van der Waals surface area (Å²) >= 11 is 0. The van der Waals surface area contributed by atoms with Crippen LogP contribution in [0.4, 0.5) is 5.69 Å². The van der Waals surface area contributed by atoms with Crippen molar-refractivity contribution in [2.75, 3.05) is 39.3 Å². The Labute approximate surface area is 161 Å². The average Bonchev–Trinajstić information content (AvgIpc) is 3.14. The first kappa shape index (κ1) is 19.2. The quantitative estimate of drug-likeness (QED) is 0.753. The van der Waals surface area contributed by atoms with Gasteiger partial charge in [-0.1, -0.05) is 24.3 Å². The van der Waals surface area contributed by atoms with E-state index in [0.717, 1.165) is 48.7 Å². The second-order valence-electron chi connectivity index (χ2n) is 6.96. The molecule has 0 N–H and O–H groups in total. The van der Waals surface area contributed by atoms with Gasteiger partial charge in [-0.2, -0.15) is 0 Å². The number of hydrogen-bond donors (Lipinski definition) is 0. The van der Waals surface area contributed by atoms with Crippen LogP contribution in [-0.2, 0) is 17.6 Å². The number of para-hydroxylation sites is 1. The number of carbonyl (C=O) groups is 1. The summed E-state index contributed by atoms with van der Waals surface area (Å²) < 4.78 is 10.7. The minimum Gasteiger partial charge on any atom is -0.493 e. The Morgan fingerprint density at radius 2 is 1.89 bits per heavy atom. The third-order valence-corrected chi connectivity index (χ3v) is 5.37. The van der Waals surface area contributed by atoms with E-state index in [9.17, 15) is 4.79 Å². The molecule has 5 heteroatoms. The molecule has 3 rings (SSSR count). The average molecular weight is 368 g/mol. The molecular formula is C22H28N2O3. The van der Waals surface area contributed by atoms with Crippen LogP contribution >= 0.6 is 0 Å². The van der Waals surface area contributed by atoms with Crippen molar-refractivity contribution in [3.63, 3.8) is 0 Å². The van der Waals surface area contributed by atoms with Gasteiger partial charge in [0.1, 0.15) is 0 Å². The Hall–Kier alpha value is -2.53. The number of carbonyl (C=O) groups excluding carboxylic acids is 1. The predicted molar refractivity (Wildman–Crippen MR) is 108 cm³/mol. The highest BCUT2D eigenvalue weighted by molar-refractivity contribution is 5.98. The molecule has 0 saturated heterocycles. The molecule has 0 aliphatic carbocycles. The second-order valence-corrected chi connectivity index (χ2v) is 6.96. The van der Waals surface area contributed by atoms with Gasteiger partial charge in [-0.15, -0.1) is 0 Å². The Balaban J connectivity index is 1.61. The second kappa shape index (κ2) is 8.44. The number of amides is 1. The van der Waals surface area contributed by atoms with Crippen molar-refractivity contribution < 1.29 is 14.3 Å². The highest BCUT2D eigenvalue weighted by atomic mass is 16.5. The molecule has 1 amide bonds. The molecule has 0 unspecified atom stereocenters. The summed E-state index contributed by atoms with van der Waals surface area (Å²) in [7, 11) is 5.28. The molecule has 1 atom stereocenters. The van der Waals surface area contributed by atoms with Gasteiger partial charge in [0, 0.05) is 18.8 Å². The largest absolute Gasteiger partial charge is 0.493 e. The maximum absolute atomic E-state index is 13.0. The summed E-state index contributed by atoms with van der Waals surface area (Å²) in [6.07, 6.45) is 1.77. The van der Waals surface area contributed by atoms with Crippen LogP contribution in [0.15, 0.2) is 42.5 Å².